The summed E-state index contributed by atoms with van der Waals surface area (Å²) < 4.78 is 4.66. The number of carbonyl (C=O) groups excluding carboxylic acids is 2. The minimum absolute atomic E-state index is 0.0669. The van der Waals surface area contributed by atoms with E-state index in [0.717, 1.165) is 5.56 Å². The summed E-state index contributed by atoms with van der Waals surface area (Å²) in [6, 6.07) is 15.7. The van der Waals surface area contributed by atoms with Crippen molar-refractivity contribution in [1.29, 1.82) is 5.26 Å². The van der Waals surface area contributed by atoms with E-state index in [0.29, 0.717) is 16.8 Å². The van der Waals surface area contributed by atoms with Gasteiger partial charge >= 0.3 is 5.97 Å². The predicted molar refractivity (Wildman–Crippen MR) is 101 cm³/mol. The Morgan fingerprint density at radius 1 is 1.15 bits per heavy atom. The molecule has 2 aromatic rings. The van der Waals surface area contributed by atoms with Crippen LogP contribution in [0.15, 0.2) is 54.6 Å². The van der Waals surface area contributed by atoms with Gasteiger partial charge in [-0.2, -0.15) is 5.26 Å². The summed E-state index contributed by atoms with van der Waals surface area (Å²) in [5.41, 5.74) is 2.42. The molecular formula is C21H20N2O3. The Kier molecular flexibility index (Phi) is 6.29. The van der Waals surface area contributed by atoms with Crippen LogP contribution in [0.5, 0.6) is 0 Å². The van der Waals surface area contributed by atoms with Crippen LogP contribution in [0.4, 0.5) is 5.69 Å². The molecule has 0 aliphatic carbocycles. The molecule has 5 nitrogen and oxygen atoms in total. The van der Waals surface area contributed by atoms with E-state index in [1.165, 1.54) is 13.2 Å². The highest BCUT2D eigenvalue weighted by atomic mass is 16.5. The number of hydrogen-bond acceptors (Lipinski definition) is 4. The van der Waals surface area contributed by atoms with E-state index >= 15 is 0 Å². The molecule has 5 heteroatoms. The fraction of sp³-hybridized carbons (Fsp3) is 0.190. The first-order valence-electron chi connectivity index (χ1n) is 8.16. The molecule has 0 atom stereocenters. The molecule has 0 saturated heterocycles. The van der Waals surface area contributed by atoms with Gasteiger partial charge in [-0.25, -0.2) is 4.79 Å². The van der Waals surface area contributed by atoms with Gasteiger partial charge < -0.3 is 9.64 Å². The van der Waals surface area contributed by atoms with Gasteiger partial charge in [-0.15, -0.1) is 0 Å². The van der Waals surface area contributed by atoms with Crippen LogP contribution in [-0.2, 0) is 9.53 Å². The highest BCUT2D eigenvalue weighted by molar-refractivity contribution is 6.04. The molecule has 0 heterocycles. The van der Waals surface area contributed by atoms with E-state index < -0.39 is 5.97 Å². The van der Waals surface area contributed by atoms with Crippen molar-refractivity contribution in [1.82, 2.24) is 0 Å². The number of carbonyl (C=O) groups is 2. The molecule has 0 fully saturated rings. The summed E-state index contributed by atoms with van der Waals surface area (Å²) in [7, 11) is 1.33. The molecule has 0 N–H and O–H groups in total. The van der Waals surface area contributed by atoms with Gasteiger partial charge in [-0.05, 0) is 55.8 Å². The first kappa shape index (κ1) is 18.9. The van der Waals surface area contributed by atoms with Gasteiger partial charge in [0.1, 0.15) is 0 Å². The van der Waals surface area contributed by atoms with E-state index in [2.05, 4.69) is 10.8 Å². The topological polar surface area (TPSA) is 70.4 Å². The maximum atomic E-state index is 12.7. The van der Waals surface area contributed by atoms with Gasteiger partial charge in [0.25, 0.3) is 5.91 Å². The van der Waals surface area contributed by atoms with Gasteiger partial charge in [0.05, 0.1) is 24.3 Å². The quantitative estimate of drug-likeness (QED) is 0.609. The van der Waals surface area contributed by atoms with Crippen molar-refractivity contribution in [3.63, 3.8) is 0 Å². The number of rotatable bonds is 5. The van der Waals surface area contributed by atoms with E-state index in [4.69, 9.17) is 5.26 Å². The lowest BCUT2D eigenvalue weighted by Crippen LogP contribution is -2.35. The molecule has 26 heavy (non-hydrogen) atoms. The van der Waals surface area contributed by atoms with Gasteiger partial charge in [0, 0.05) is 17.8 Å². The number of nitriles is 1. The second kappa shape index (κ2) is 8.63. The second-order valence-electron chi connectivity index (χ2n) is 5.91. The fourth-order valence-electron chi connectivity index (χ4n) is 2.50. The van der Waals surface area contributed by atoms with Gasteiger partial charge in [-0.3, -0.25) is 4.79 Å². The normalized spacial score (nSPS) is 10.6. The molecule has 0 radical (unpaired) electrons. The van der Waals surface area contributed by atoms with Gasteiger partial charge in [-0.1, -0.05) is 18.2 Å². The van der Waals surface area contributed by atoms with Gasteiger partial charge in [0.15, 0.2) is 0 Å². The fourth-order valence-corrected chi connectivity index (χ4v) is 2.50. The third-order valence-corrected chi connectivity index (χ3v) is 3.76. The summed E-state index contributed by atoms with van der Waals surface area (Å²) >= 11 is 0. The first-order valence-corrected chi connectivity index (χ1v) is 8.16. The largest absolute Gasteiger partial charge is 0.465 e. The molecule has 0 bridgehead atoms. The molecule has 0 aliphatic heterocycles. The Bertz CT molecular complexity index is 862. The van der Waals surface area contributed by atoms with Crippen molar-refractivity contribution in [2.45, 2.75) is 19.9 Å². The third-order valence-electron chi connectivity index (χ3n) is 3.76. The maximum absolute atomic E-state index is 12.7. The summed E-state index contributed by atoms with van der Waals surface area (Å²) in [6.45, 7) is 3.83. The SMILES string of the molecule is COC(=O)c1ccc(/C=C/C(=O)N(c2cccc(C#N)c2)C(C)C)cc1. The van der Waals surface area contributed by atoms with E-state index in [9.17, 15) is 9.59 Å². The monoisotopic (exact) mass is 348 g/mol. The number of amides is 1. The smallest absolute Gasteiger partial charge is 0.337 e. The number of hydrogen-bond donors (Lipinski definition) is 0. The van der Waals surface area contributed by atoms with Crippen molar-refractivity contribution in [2.24, 2.45) is 0 Å². The highest BCUT2D eigenvalue weighted by Crippen LogP contribution is 2.19. The third kappa shape index (κ3) is 4.58. The number of ether oxygens (including phenoxy) is 1. The lowest BCUT2D eigenvalue weighted by molar-refractivity contribution is -0.114. The predicted octanol–water partition coefficient (Wildman–Crippen LogP) is 3.80. The Labute approximate surface area is 153 Å². The molecule has 0 aromatic heterocycles. The van der Waals surface area contributed by atoms with Crippen molar-refractivity contribution in [3.8, 4) is 6.07 Å². The molecule has 132 valence electrons. The summed E-state index contributed by atoms with van der Waals surface area (Å²) in [6.07, 6.45) is 3.17. The Morgan fingerprint density at radius 3 is 2.42 bits per heavy atom. The molecule has 0 saturated carbocycles. The average molecular weight is 348 g/mol. The van der Waals surface area contributed by atoms with Crippen molar-refractivity contribution in [3.05, 3.63) is 71.3 Å². The van der Waals surface area contributed by atoms with E-state index in [-0.39, 0.29) is 11.9 Å². The van der Waals surface area contributed by atoms with Crippen LogP contribution >= 0.6 is 0 Å². The minimum Gasteiger partial charge on any atom is -0.465 e. The molecule has 2 aromatic carbocycles. The highest BCUT2D eigenvalue weighted by Gasteiger charge is 2.17. The summed E-state index contributed by atoms with van der Waals surface area (Å²) in [5, 5.41) is 9.05. The zero-order valence-electron chi connectivity index (χ0n) is 15.0. The Balaban J connectivity index is 2.20. The molecule has 0 aliphatic rings. The number of nitrogens with zero attached hydrogens (tertiary/aromatic N) is 2. The van der Waals surface area contributed by atoms with Crippen LogP contribution < -0.4 is 4.90 Å². The number of esters is 1. The molecular weight excluding hydrogens is 328 g/mol. The Morgan fingerprint density at radius 2 is 1.85 bits per heavy atom. The molecule has 0 spiro atoms. The number of methoxy groups -OCH3 is 1. The zero-order chi connectivity index (χ0) is 19.1. The molecule has 1 amide bonds. The Hall–Kier alpha value is -3.39. The lowest BCUT2D eigenvalue weighted by Gasteiger charge is -2.25. The van der Waals surface area contributed by atoms with Crippen LogP contribution in [0.25, 0.3) is 6.08 Å². The van der Waals surface area contributed by atoms with Crippen molar-refractivity contribution in [2.75, 3.05) is 12.0 Å². The summed E-state index contributed by atoms with van der Waals surface area (Å²) in [4.78, 5) is 25.7. The van der Waals surface area contributed by atoms with Crippen molar-refractivity contribution < 1.29 is 14.3 Å². The second-order valence-corrected chi connectivity index (χ2v) is 5.91. The van der Waals surface area contributed by atoms with E-state index in [1.807, 2.05) is 13.8 Å². The van der Waals surface area contributed by atoms with E-state index in [1.54, 1.807) is 59.5 Å². The molecule has 0 unspecified atom stereocenters. The van der Waals surface area contributed by atoms with Crippen molar-refractivity contribution >= 4 is 23.6 Å². The number of anilines is 1. The first-order chi connectivity index (χ1) is 12.5. The van der Waals surface area contributed by atoms with Gasteiger partial charge in [0.2, 0.25) is 0 Å². The zero-order valence-corrected chi connectivity index (χ0v) is 15.0. The van der Waals surface area contributed by atoms with Crippen LogP contribution in [-0.4, -0.2) is 25.0 Å². The lowest BCUT2D eigenvalue weighted by atomic mass is 10.1. The molecule has 2 rings (SSSR count). The maximum Gasteiger partial charge on any atom is 0.337 e. The van der Waals surface area contributed by atoms with Crippen LogP contribution in [0.1, 0.15) is 35.3 Å². The average Bonchev–Trinajstić information content (AvgIpc) is 2.66. The van der Waals surface area contributed by atoms with Crippen LogP contribution in [0, 0.1) is 11.3 Å². The van der Waals surface area contributed by atoms with Crippen LogP contribution in [0.3, 0.4) is 0 Å². The van der Waals surface area contributed by atoms with Crippen LogP contribution in [0.2, 0.25) is 0 Å². The number of benzene rings is 2. The summed E-state index contributed by atoms with van der Waals surface area (Å²) in [5.74, 6) is -0.591. The minimum atomic E-state index is -0.403. The standard InChI is InChI=1S/C21H20N2O3/c1-15(2)23(19-6-4-5-17(13-19)14-22)20(24)12-9-16-7-10-18(11-8-16)21(25)26-3/h4-13,15H,1-3H3/b12-9+.